The summed E-state index contributed by atoms with van der Waals surface area (Å²) in [5, 5.41) is 6.84. The molecule has 0 aliphatic carbocycles. The van der Waals surface area contributed by atoms with Gasteiger partial charge in [-0.25, -0.2) is 4.98 Å². The molecule has 0 radical (unpaired) electrons. The average molecular weight is 340 g/mol. The first-order valence-electron chi connectivity index (χ1n) is 7.70. The van der Waals surface area contributed by atoms with Gasteiger partial charge in [-0.3, -0.25) is 9.48 Å². The number of amides is 1. The minimum absolute atomic E-state index is 0.0777. The van der Waals surface area contributed by atoms with Crippen LogP contribution in [0.3, 0.4) is 0 Å². The Labute approximate surface area is 145 Å². The van der Waals surface area contributed by atoms with Gasteiger partial charge in [-0.1, -0.05) is 23.8 Å². The highest BCUT2D eigenvalue weighted by molar-refractivity contribution is 7.13. The van der Waals surface area contributed by atoms with Gasteiger partial charge in [0, 0.05) is 43.3 Å². The van der Waals surface area contributed by atoms with Crippen molar-refractivity contribution in [2.45, 2.75) is 20.4 Å². The maximum atomic E-state index is 12.6. The molecule has 0 fully saturated rings. The standard InChI is InChI=1S/C18H20N4OS/c1-12-5-6-15(13(2)7-12)17-20-16(11-24-17)18(23)21(3)9-14-8-19-22(4)10-14/h5-8,10-11H,9H2,1-4H3. The Morgan fingerprint density at radius 2 is 2.12 bits per heavy atom. The SMILES string of the molecule is Cc1ccc(-c2nc(C(=O)N(C)Cc3cnn(C)c3)cs2)c(C)c1. The van der Waals surface area contributed by atoms with Crippen molar-refractivity contribution in [3.8, 4) is 10.6 Å². The van der Waals surface area contributed by atoms with Crippen LogP contribution in [0.4, 0.5) is 0 Å². The number of nitrogens with zero attached hydrogens (tertiary/aromatic N) is 4. The molecular formula is C18H20N4OS. The number of benzene rings is 1. The topological polar surface area (TPSA) is 51.0 Å². The van der Waals surface area contributed by atoms with Crippen molar-refractivity contribution >= 4 is 17.2 Å². The molecule has 1 amide bonds. The number of carbonyl (C=O) groups excluding carboxylic acids is 1. The van der Waals surface area contributed by atoms with Crippen LogP contribution >= 0.6 is 11.3 Å². The highest BCUT2D eigenvalue weighted by atomic mass is 32.1. The van der Waals surface area contributed by atoms with E-state index in [0.29, 0.717) is 12.2 Å². The summed E-state index contributed by atoms with van der Waals surface area (Å²) in [4.78, 5) is 18.8. The minimum Gasteiger partial charge on any atom is -0.336 e. The van der Waals surface area contributed by atoms with Gasteiger partial charge in [0.15, 0.2) is 0 Å². The van der Waals surface area contributed by atoms with Gasteiger partial charge in [0.1, 0.15) is 10.7 Å². The number of aryl methyl sites for hydroxylation is 3. The zero-order chi connectivity index (χ0) is 17.3. The Balaban J connectivity index is 1.78. The quantitative estimate of drug-likeness (QED) is 0.731. The van der Waals surface area contributed by atoms with Crippen molar-refractivity contribution < 1.29 is 4.79 Å². The van der Waals surface area contributed by atoms with E-state index in [1.54, 1.807) is 22.8 Å². The second-order valence-electron chi connectivity index (χ2n) is 6.04. The van der Waals surface area contributed by atoms with E-state index in [4.69, 9.17) is 0 Å². The van der Waals surface area contributed by atoms with Crippen molar-refractivity contribution in [3.63, 3.8) is 0 Å². The number of hydrogen-bond acceptors (Lipinski definition) is 4. The smallest absolute Gasteiger partial charge is 0.273 e. The maximum absolute atomic E-state index is 12.6. The molecule has 0 aliphatic heterocycles. The number of rotatable bonds is 4. The molecule has 0 unspecified atom stereocenters. The van der Waals surface area contributed by atoms with Gasteiger partial charge >= 0.3 is 0 Å². The molecule has 0 saturated heterocycles. The summed E-state index contributed by atoms with van der Waals surface area (Å²) in [6, 6.07) is 6.27. The molecule has 0 aliphatic rings. The van der Waals surface area contributed by atoms with E-state index in [9.17, 15) is 4.79 Å². The highest BCUT2D eigenvalue weighted by Gasteiger charge is 2.17. The normalized spacial score (nSPS) is 10.8. The molecule has 6 heteroatoms. The van der Waals surface area contributed by atoms with E-state index >= 15 is 0 Å². The lowest BCUT2D eigenvalue weighted by Crippen LogP contribution is -2.26. The van der Waals surface area contributed by atoms with Crippen LogP contribution in [0.1, 0.15) is 27.2 Å². The van der Waals surface area contributed by atoms with Crippen molar-refractivity contribution in [1.82, 2.24) is 19.7 Å². The van der Waals surface area contributed by atoms with Crippen LogP contribution in [0.5, 0.6) is 0 Å². The zero-order valence-electron chi connectivity index (χ0n) is 14.3. The molecular weight excluding hydrogens is 320 g/mol. The van der Waals surface area contributed by atoms with Crippen molar-refractivity contribution in [1.29, 1.82) is 0 Å². The molecule has 2 aromatic heterocycles. The number of carbonyl (C=O) groups is 1. The van der Waals surface area contributed by atoms with Crippen LogP contribution in [-0.4, -0.2) is 32.6 Å². The predicted molar refractivity (Wildman–Crippen MR) is 96.0 cm³/mol. The molecule has 5 nitrogen and oxygen atoms in total. The van der Waals surface area contributed by atoms with Crippen LogP contribution in [0.25, 0.3) is 10.6 Å². The van der Waals surface area contributed by atoms with E-state index < -0.39 is 0 Å². The van der Waals surface area contributed by atoms with Crippen LogP contribution < -0.4 is 0 Å². The Hall–Kier alpha value is -2.47. The Morgan fingerprint density at radius 1 is 1.33 bits per heavy atom. The average Bonchev–Trinajstić information content (AvgIpc) is 3.16. The van der Waals surface area contributed by atoms with Crippen molar-refractivity contribution in [2.24, 2.45) is 7.05 Å². The molecule has 0 atom stereocenters. The maximum Gasteiger partial charge on any atom is 0.273 e. The molecule has 0 spiro atoms. The fraction of sp³-hybridized carbons (Fsp3) is 0.278. The van der Waals surface area contributed by atoms with Crippen LogP contribution in [0.15, 0.2) is 36.0 Å². The van der Waals surface area contributed by atoms with E-state index in [-0.39, 0.29) is 5.91 Å². The molecule has 0 bridgehead atoms. The fourth-order valence-corrected chi connectivity index (χ4v) is 3.53. The van der Waals surface area contributed by atoms with Gasteiger partial charge in [-0.15, -0.1) is 11.3 Å². The third-order valence-corrected chi connectivity index (χ3v) is 4.74. The van der Waals surface area contributed by atoms with Crippen LogP contribution in [0, 0.1) is 13.8 Å². The van der Waals surface area contributed by atoms with E-state index in [1.807, 2.05) is 18.6 Å². The zero-order valence-corrected chi connectivity index (χ0v) is 15.1. The predicted octanol–water partition coefficient (Wildman–Crippen LogP) is 3.43. The monoisotopic (exact) mass is 340 g/mol. The summed E-state index contributed by atoms with van der Waals surface area (Å²) in [5.74, 6) is -0.0777. The molecule has 3 rings (SSSR count). The summed E-state index contributed by atoms with van der Waals surface area (Å²) in [6.45, 7) is 4.66. The first kappa shape index (κ1) is 16.4. The molecule has 124 valence electrons. The van der Waals surface area contributed by atoms with E-state index in [0.717, 1.165) is 16.1 Å². The number of thiazole rings is 1. The fourth-order valence-electron chi connectivity index (χ4n) is 2.64. The molecule has 0 N–H and O–H groups in total. The van der Waals surface area contributed by atoms with Gasteiger partial charge in [0.2, 0.25) is 0 Å². The molecule has 2 heterocycles. The largest absolute Gasteiger partial charge is 0.336 e. The molecule has 24 heavy (non-hydrogen) atoms. The number of aromatic nitrogens is 3. The van der Waals surface area contributed by atoms with Crippen molar-refractivity contribution in [2.75, 3.05) is 7.05 Å². The third kappa shape index (κ3) is 3.38. The van der Waals surface area contributed by atoms with Crippen molar-refractivity contribution in [3.05, 3.63) is 58.4 Å². The summed E-state index contributed by atoms with van der Waals surface area (Å²) >= 11 is 1.50. The summed E-state index contributed by atoms with van der Waals surface area (Å²) in [5.41, 5.74) is 4.96. The second kappa shape index (κ2) is 6.57. The van der Waals surface area contributed by atoms with Gasteiger partial charge in [-0.05, 0) is 19.4 Å². The lowest BCUT2D eigenvalue weighted by Gasteiger charge is -2.14. The Kier molecular flexibility index (Phi) is 4.49. The van der Waals surface area contributed by atoms with Gasteiger partial charge < -0.3 is 4.90 Å². The van der Waals surface area contributed by atoms with Gasteiger partial charge in [-0.2, -0.15) is 5.10 Å². The van der Waals surface area contributed by atoms with E-state index in [2.05, 4.69) is 42.1 Å². The first-order valence-corrected chi connectivity index (χ1v) is 8.58. The van der Waals surface area contributed by atoms with Gasteiger partial charge in [0.05, 0.1) is 6.20 Å². The van der Waals surface area contributed by atoms with E-state index in [1.165, 1.54) is 22.5 Å². The van der Waals surface area contributed by atoms with Crippen LogP contribution in [-0.2, 0) is 13.6 Å². The summed E-state index contributed by atoms with van der Waals surface area (Å²) < 4.78 is 1.73. The Morgan fingerprint density at radius 3 is 2.79 bits per heavy atom. The highest BCUT2D eigenvalue weighted by Crippen LogP contribution is 2.27. The van der Waals surface area contributed by atoms with Gasteiger partial charge in [0.25, 0.3) is 5.91 Å². The number of hydrogen-bond donors (Lipinski definition) is 0. The lowest BCUT2D eigenvalue weighted by molar-refractivity contribution is 0.0780. The lowest BCUT2D eigenvalue weighted by atomic mass is 10.1. The van der Waals surface area contributed by atoms with Crippen LogP contribution in [0.2, 0.25) is 0 Å². The molecule has 1 aromatic carbocycles. The summed E-state index contributed by atoms with van der Waals surface area (Å²) in [6.07, 6.45) is 3.68. The Bertz CT molecular complexity index is 881. The first-order chi connectivity index (χ1) is 11.4. The second-order valence-corrected chi connectivity index (χ2v) is 6.90. The third-order valence-electron chi connectivity index (χ3n) is 3.86. The molecule has 0 saturated carbocycles. The summed E-state index contributed by atoms with van der Waals surface area (Å²) in [7, 11) is 3.65. The molecule has 3 aromatic rings. The minimum atomic E-state index is -0.0777.